The summed E-state index contributed by atoms with van der Waals surface area (Å²) in [5.41, 5.74) is 0.609. The summed E-state index contributed by atoms with van der Waals surface area (Å²) >= 11 is 0. The molecule has 0 aliphatic heterocycles. The zero-order chi connectivity index (χ0) is 11.6. The lowest BCUT2D eigenvalue weighted by Gasteiger charge is -2.35. The molecule has 0 amide bonds. The minimum Gasteiger partial charge on any atom is -0.0683 e. The van der Waals surface area contributed by atoms with E-state index in [4.69, 9.17) is 0 Å². The second-order valence-corrected chi connectivity index (χ2v) is 4.46. The predicted molar refractivity (Wildman–Crippen MR) is 68.7 cm³/mol. The molecule has 0 aromatic heterocycles. The van der Waals surface area contributed by atoms with Crippen molar-refractivity contribution in [3.63, 3.8) is 0 Å². The maximum atomic E-state index is 2.47. The number of rotatable bonds is 6. The fourth-order valence-corrected chi connectivity index (χ4v) is 2.25. The Hall–Kier alpha value is 0. The fraction of sp³-hybridized carbons (Fsp3) is 1.00. The van der Waals surface area contributed by atoms with Crippen molar-refractivity contribution in [1.29, 1.82) is 0 Å². The van der Waals surface area contributed by atoms with Gasteiger partial charge in [0.25, 0.3) is 0 Å². The summed E-state index contributed by atoms with van der Waals surface area (Å²) in [4.78, 5) is 0. The normalized spacial score (nSPS) is 13.1. The highest BCUT2D eigenvalue weighted by molar-refractivity contribution is 4.78. The molecule has 0 aliphatic carbocycles. The minimum atomic E-state index is 0.609. The molecule has 0 radical (unpaired) electrons. The summed E-state index contributed by atoms with van der Waals surface area (Å²) in [6, 6.07) is 0. The van der Waals surface area contributed by atoms with Gasteiger partial charge in [-0.05, 0) is 24.2 Å². The van der Waals surface area contributed by atoms with Crippen LogP contribution in [0.4, 0.5) is 0 Å². The van der Waals surface area contributed by atoms with Gasteiger partial charge in [0.2, 0.25) is 0 Å². The van der Waals surface area contributed by atoms with Gasteiger partial charge in [-0.2, -0.15) is 0 Å². The van der Waals surface area contributed by atoms with Gasteiger partial charge in [0.15, 0.2) is 0 Å². The summed E-state index contributed by atoms with van der Waals surface area (Å²) in [5, 5.41) is 0. The topological polar surface area (TPSA) is 0 Å². The van der Waals surface area contributed by atoms with Gasteiger partial charge in [0.1, 0.15) is 0 Å². The van der Waals surface area contributed by atoms with E-state index < -0.39 is 0 Å². The van der Waals surface area contributed by atoms with Gasteiger partial charge in [-0.15, -0.1) is 0 Å². The lowest BCUT2D eigenvalue weighted by atomic mass is 9.71. The van der Waals surface area contributed by atoms with Gasteiger partial charge in [-0.3, -0.25) is 0 Å². The standard InChI is InChI=1S/C12H26.C2H6/c1-6-9-12(5,10-7-2)11(4)8-3;1-2/h11H,6-10H2,1-5H3;1-2H3. The highest BCUT2D eigenvalue weighted by atomic mass is 14.3. The Kier molecular flexibility index (Phi) is 11.2. The van der Waals surface area contributed by atoms with Crippen LogP contribution in [-0.2, 0) is 0 Å². The summed E-state index contributed by atoms with van der Waals surface area (Å²) in [6.07, 6.45) is 6.80. The first-order valence-electron chi connectivity index (χ1n) is 6.60. The van der Waals surface area contributed by atoms with Crippen LogP contribution in [-0.4, -0.2) is 0 Å². The Balaban J connectivity index is 0. The monoisotopic (exact) mass is 200 g/mol. The molecule has 0 fully saturated rings. The van der Waals surface area contributed by atoms with Crippen LogP contribution in [0.1, 0.15) is 80.6 Å². The van der Waals surface area contributed by atoms with Crippen LogP contribution in [0.5, 0.6) is 0 Å². The molecule has 88 valence electrons. The van der Waals surface area contributed by atoms with Crippen molar-refractivity contribution in [3.8, 4) is 0 Å². The Morgan fingerprint density at radius 2 is 1.29 bits per heavy atom. The molecule has 0 N–H and O–H groups in total. The molecular weight excluding hydrogens is 168 g/mol. The Bertz CT molecular complexity index is 98.6. The van der Waals surface area contributed by atoms with Crippen molar-refractivity contribution in [2.24, 2.45) is 11.3 Å². The first kappa shape index (κ1) is 16.4. The molecule has 0 heterocycles. The lowest BCUT2D eigenvalue weighted by molar-refractivity contribution is 0.159. The van der Waals surface area contributed by atoms with Crippen molar-refractivity contribution in [1.82, 2.24) is 0 Å². The molecule has 0 aliphatic rings. The van der Waals surface area contributed by atoms with E-state index in [0.29, 0.717) is 5.41 Å². The highest BCUT2D eigenvalue weighted by Crippen LogP contribution is 2.38. The van der Waals surface area contributed by atoms with Crippen molar-refractivity contribution in [2.45, 2.75) is 80.6 Å². The Labute approximate surface area is 92.5 Å². The molecule has 0 aromatic carbocycles. The number of hydrogen-bond donors (Lipinski definition) is 0. The molecule has 1 atom stereocenters. The smallest absolute Gasteiger partial charge is 0.0300 e. The van der Waals surface area contributed by atoms with Crippen molar-refractivity contribution < 1.29 is 0 Å². The predicted octanol–water partition coefficient (Wildman–Crippen LogP) is 5.67. The third-order valence-corrected chi connectivity index (χ3v) is 3.44. The average molecular weight is 200 g/mol. The second-order valence-electron chi connectivity index (χ2n) is 4.46. The van der Waals surface area contributed by atoms with Gasteiger partial charge < -0.3 is 0 Å². The van der Waals surface area contributed by atoms with Crippen LogP contribution in [0.25, 0.3) is 0 Å². The zero-order valence-electron chi connectivity index (χ0n) is 11.6. The van der Waals surface area contributed by atoms with Crippen LogP contribution in [0.15, 0.2) is 0 Å². The van der Waals surface area contributed by atoms with Gasteiger partial charge >= 0.3 is 0 Å². The molecular formula is C14H32. The average Bonchev–Trinajstić information content (AvgIpc) is 2.20. The van der Waals surface area contributed by atoms with E-state index in [2.05, 4.69) is 34.6 Å². The molecule has 0 rings (SSSR count). The third kappa shape index (κ3) is 5.67. The van der Waals surface area contributed by atoms with Crippen molar-refractivity contribution in [2.75, 3.05) is 0 Å². The van der Waals surface area contributed by atoms with Crippen LogP contribution >= 0.6 is 0 Å². The molecule has 1 unspecified atom stereocenters. The lowest BCUT2D eigenvalue weighted by Crippen LogP contribution is -2.24. The maximum absolute atomic E-state index is 2.47. The van der Waals surface area contributed by atoms with E-state index in [1.165, 1.54) is 32.1 Å². The van der Waals surface area contributed by atoms with E-state index in [0.717, 1.165) is 5.92 Å². The summed E-state index contributed by atoms with van der Waals surface area (Å²) < 4.78 is 0. The van der Waals surface area contributed by atoms with E-state index in [9.17, 15) is 0 Å². The molecule has 0 saturated heterocycles. The van der Waals surface area contributed by atoms with Gasteiger partial charge in [-0.1, -0.05) is 67.7 Å². The molecule has 0 nitrogen and oxygen atoms in total. The van der Waals surface area contributed by atoms with E-state index in [1.54, 1.807) is 0 Å². The van der Waals surface area contributed by atoms with Crippen molar-refractivity contribution >= 4 is 0 Å². The molecule has 0 bridgehead atoms. The van der Waals surface area contributed by atoms with Crippen LogP contribution in [0.3, 0.4) is 0 Å². The van der Waals surface area contributed by atoms with Crippen LogP contribution in [0.2, 0.25) is 0 Å². The van der Waals surface area contributed by atoms with Crippen molar-refractivity contribution in [3.05, 3.63) is 0 Å². The quantitative estimate of drug-likeness (QED) is 0.518. The van der Waals surface area contributed by atoms with Crippen LogP contribution < -0.4 is 0 Å². The molecule has 0 spiro atoms. The van der Waals surface area contributed by atoms with Gasteiger partial charge in [-0.25, -0.2) is 0 Å². The third-order valence-electron chi connectivity index (χ3n) is 3.44. The Morgan fingerprint density at radius 1 is 0.929 bits per heavy atom. The highest BCUT2D eigenvalue weighted by Gasteiger charge is 2.27. The second kappa shape index (κ2) is 9.55. The van der Waals surface area contributed by atoms with E-state index >= 15 is 0 Å². The fourth-order valence-electron chi connectivity index (χ4n) is 2.25. The Morgan fingerprint density at radius 3 is 1.50 bits per heavy atom. The first-order chi connectivity index (χ1) is 6.60. The first-order valence-corrected chi connectivity index (χ1v) is 6.60. The van der Waals surface area contributed by atoms with Gasteiger partial charge in [0, 0.05) is 0 Å². The number of hydrogen-bond acceptors (Lipinski definition) is 0. The zero-order valence-corrected chi connectivity index (χ0v) is 11.6. The molecule has 14 heavy (non-hydrogen) atoms. The van der Waals surface area contributed by atoms with Gasteiger partial charge in [0.05, 0.1) is 0 Å². The summed E-state index contributed by atoms with van der Waals surface area (Å²) in [5.74, 6) is 0.886. The SMILES string of the molecule is CC.CCCC(C)(CCC)C(C)CC. The molecule has 0 heteroatoms. The van der Waals surface area contributed by atoms with Crippen LogP contribution in [0, 0.1) is 11.3 Å². The summed E-state index contributed by atoms with van der Waals surface area (Å²) in [6.45, 7) is 15.8. The molecule has 0 aromatic rings. The van der Waals surface area contributed by atoms with E-state index in [-0.39, 0.29) is 0 Å². The van der Waals surface area contributed by atoms with E-state index in [1.807, 2.05) is 13.8 Å². The maximum Gasteiger partial charge on any atom is -0.0300 e. The molecule has 0 saturated carbocycles. The largest absolute Gasteiger partial charge is 0.0683 e. The summed E-state index contributed by atoms with van der Waals surface area (Å²) in [7, 11) is 0. The minimum absolute atomic E-state index is 0.609.